The lowest BCUT2D eigenvalue weighted by Crippen LogP contribution is -2.38. The van der Waals surface area contributed by atoms with Crippen molar-refractivity contribution < 1.29 is 23.4 Å². The summed E-state index contributed by atoms with van der Waals surface area (Å²) in [5.74, 6) is -0.843. The molecule has 1 rings (SSSR count). The zero-order valence-electron chi connectivity index (χ0n) is 11.0. The van der Waals surface area contributed by atoms with Gasteiger partial charge in [-0.25, -0.2) is 8.42 Å². The Kier molecular flexibility index (Phi) is 5.63. The van der Waals surface area contributed by atoms with E-state index in [1.807, 2.05) is 0 Å². The molecular weight excluding hydrogens is 284 g/mol. The summed E-state index contributed by atoms with van der Waals surface area (Å²) in [7, 11) is -3.26. The number of sulfone groups is 1. The van der Waals surface area contributed by atoms with Crippen LogP contribution in [0.1, 0.15) is 11.7 Å². The lowest BCUT2D eigenvalue weighted by atomic mass is 10.1. The van der Waals surface area contributed by atoms with Crippen molar-refractivity contribution in [3.63, 3.8) is 0 Å². The van der Waals surface area contributed by atoms with E-state index in [0.29, 0.717) is 5.56 Å². The summed E-state index contributed by atoms with van der Waals surface area (Å²) in [5.41, 5.74) is 5.40. The Morgan fingerprint density at radius 1 is 1.25 bits per heavy atom. The first kappa shape index (κ1) is 16.6. The number of carbonyl (C=O) groups excluding carboxylic acids is 1. The van der Waals surface area contributed by atoms with Crippen molar-refractivity contribution >= 4 is 15.7 Å². The molecule has 20 heavy (non-hydrogen) atoms. The second kappa shape index (κ2) is 6.80. The van der Waals surface area contributed by atoms with E-state index >= 15 is 0 Å². The van der Waals surface area contributed by atoms with Crippen LogP contribution in [0.4, 0.5) is 0 Å². The van der Waals surface area contributed by atoms with Crippen molar-refractivity contribution in [2.45, 2.75) is 17.1 Å². The minimum absolute atomic E-state index is 0.0617. The Morgan fingerprint density at radius 2 is 1.80 bits per heavy atom. The van der Waals surface area contributed by atoms with Gasteiger partial charge in [0.1, 0.15) is 6.10 Å². The fraction of sp³-hybridized carbons (Fsp3) is 0.417. The number of carbonyl (C=O) groups is 1. The van der Waals surface area contributed by atoms with E-state index in [1.54, 1.807) is 0 Å². The SMILES string of the molecule is CS(=O)(=O)c1ccc(C(O)CNCC(O)C(N)=O)cc1. The van der Waals surface area contributed by atoms with Crippen molar-refractivity contribution in [1.29, 1.82) is 0 Å². The minimum Gasteiger partial charge on any atom is -0.387 e. The van der Waals surface area contributed by atoms with E-state index in [-0.39, 0.29) is 18.0 Å². The predicted molar refractivity (Wildman–Crippen MR) is 72.6 cm³/mol. The number of nitrogens with two attached hydrogens (primary N) is 1. The zero-order valence-corrected chi connectivity index (χ0v) is 11.8. The molecule has 0 aliphatic heterocycles. The van der Waals surface area contributed by atoms with Crippen LogP contribution in [0, 0.1) is 0 Å². The number of hydrogen-bond acceptors (Lipinski definition) is 6. The molecule has 0 radical (unpaired) electrons. The fourth-order valence-corrected chi connectivity index (χ4v) is 2.14. The van der Waals surface area contributed by atoms with Crippen molar-refractivity contribution in [2.24, 2.45) is 5.73 Å². The van der Waals surface area contributed by atoms with Gasteiger partial charge in [-0.3, -0.25) is 4.79 Å². The predicted octanol–water partition coefficient (Wildman–Crippen LogP) is -1.44. The van der Waals surface area contributed by atoms with Gasteiger partial charge in [0.2, 0.25) is 5.91 Å². The molecule has 0 aliphatic carbocycles. The number of aliphatic hydroxyl groups excluding tert-OH is 2. The summed E-state index contributed by atoms with van der Waals surface area (Å²) in [6.45, 7) is 0.0381. The number of amides is 1. The molecule has 2 atom stereocenters. The summed E-state index contributed by atoms with van der Waals surface area (Å²) < 4.78 is 22.6. The van der Waals surface area contributed by atoms with E-state index in [0.717, 1.165) is 6.26 Å². The van der Waals surface area contributed by atoms with Crippen LogP contribution in [-0.4, -0.2) is 50.0 Å². The Hall–Kier alpha value is -1.48. The van der Waals surface area contributed by atoms with Gasteiger partial charge in [0.15, 0.2) is 9.84 Å². The summed E-state index contributed by atoms with van der Waals surface area (Å²) >= 11 is 0. The molecule has 0 saturated heterocycles. The Morgan fingerprint density at radius 3 is 2.25 bits per heavy atom. The average Bonchev–Trinajstić information content (AvgIpc) is 2.37. The minimum atomic E-state index is -3.26. The lowest BCUT2D eigenvalue weighted by Gasteiger charge is -2.14. The molecule has 0 aromatic heterocycles. The molecule has 0 aliphatic rings. The summed E-state index contributed by atoms with van der Waals surface area (Å²) in [6.07, 6.45) is -1.09. The average molecular weight is 302 g/mol. The molecule has 1 aromatic carbocycles. The van der Waals surface area contributed by atoms with Gasteiger partial charge in [-0.05, 0) is 17.7 Å². The van der Waals surface area contributed by atoms with Crippen LogP contribution >= 0.6 is 0 Å². The van der Waals surface area contributed by atoms with Crippen LogP contribution in [-0.2, 0) is 14.6 Å². The van der Waals surface area contributed by atoms with Crippen molar-refractivity contribution in [1.82, 2.24) is 5.32 Å². The molecule has 112 valence electrons. The van der Waals surface area contributed by atoms with Gasteiger partial charge >= 0.3 is 0 Å². The maximum absolute atomic E-state index is 11.3. The van der Waals surface area contributed by atoms with Crippen molar-refractivity contribution in [3.8, 4) is 0 Å². The molecule has 7 nitrogen and oxygen atoms in total. The van der Waals surface area contributed by atoms with E-state index in [2.05, 4.69) is 5.32 Å². The molecular formula is C12H18N2O5S. The molecule has 1 aromatic rings. The van der Waals surface area contributed by atoms with E-state index in [1.165, 1.54) is 24.3 Å². The second-order valence-corrected chi connectivity index (χ2v) is 6.45. The third-order valence-corrected chi connectivity index (χ3v) is 3.83. The molecule has 0 fully saturated rings. The summed E-state index contributed by atoms with van der Waals surface area (Å²) in [5, 5.41) is 21.7. The number of nitrogens with one attached hydrogen (secondary N) is 1. The maximum atomic E-state index is 11.3. The first-order valence-electron chi connectivity index (χ1n) is 5.88. The van der Waals surface area contributed by atoms with Gasteiger partial charge in [0.25, 0.3) is 0 Å². The van der Waals surface area contributed by atoms with E-state index < -0.39 is 28.0 Å². The topological polar surface area (TPSA) is 130 Å². The first-order chi connectivity index (χ1) is 9.21. The smallest absolute Gasteiger partial charge is 0.247 e. The van der Waals surface area contributed by atoms with Crippen LogP contribution in [0.15, 0.2) is 29.2 Å². The summed E-state index contributed by atoms with van der Waals surface area (Å²) in [6, 6.07) is 5.83. The van der Waals surface area contributed by atoms with Crippen LogP contribution in [0.5, 0.6) is 0 Å². The Balaban J connectivity index is 2.56. The van der Waals surface area contributed by atoms with Gasteiger partial charge in [0.05, 0.1) is 11.0 Å². The maximum Gasteiger partial charge on any atom is 0.247 e. The van der Waals surface area contributed by atoms with Crippen LogP contribution in [0.25, 0.3) is 0 Å². The van der Waals surface area contributed by atoms with Gasteiger partial charge in [0, 0.05) is 19.3 Å². The van der Waals surface area contributed by atoms with Crippen molar-refractivity contribution in [2.75, 3.05) is 19.3 Å². The first-order valence-corrected chi connectivity index (χ1v) is 7.77. The highest BCUT2D eigenvalue weighted by atomic mass is 32.2. The second-order valence-electron chi connectivity index (χ2n) is 4.43. The molecule has 0 bridgehead atoms. The number of rotatable bonds is 7. The molecule has 0 saturated carbocycles. The number of aliphatic hydroxyl groups is 2. The lowest BCUT2D eigenvalue weighted by molar-refractivity contribution is -0.125. The quantitative estimate of drug-likeness (QED) is 0.488. The standard InChI is InChI=1S/C12H18N2O5S/c1-20(18,19)9-4-2-8(3-5-9)10(15)6-14-7-11(16)12(13)17/h2-5,10-11,14-16H,6-7H2,1H3,(H2,13,17). The molecule has 1 amide bonds. The molecule has 0 heterocycles. The third kappa shape index (κ3) is 4.89. The monoisotopic (exact) mass is 302 g/mol. The normalized spacial score (nSPS) is 14.8. The zero-order chi connectivity index (χ0) is 15.3. The number of hydrogen-bond donors (Lipinski definition) is 4. The number of benzene rings is 1. The molecule has 2 unspecified atom stereocenters. The summed E-state index contributed by atoms with van der Waals surface area (Å²) in [4.78, 5) is 10.8. The molecule has 5 N–H and O–H groups in total. The van der Waals surface area contributed by atoms with Gasteiger partial charge in [-0.1, -0.05) is 12.1 Å². The van der Waals surface area contributed by atoms with Gasteiger partial charge < -0.3 is 21.3 Å². The van der Waals surface area contributed by atoms with Crippen LogP contribution in [0.3, 0.4) is 0 Å². The van der Waals surface area contributed by atoms with Gasteiger partial charge in [-0.2, -0.15) is 0 Å². The highest BCUT2D eigenvalue weighted by Gasteiger charge is 2.13. The largest absolute Gasteiger partial charge is 0.387 e. The highest BCUT2D eigenvalue weighted by Crippen LogP contribution is 2.15. The fourth-order valence-electron chi connectivity index (χ4n) is 1.51. The molecule has 0 spiro atoms. The third-order valence-electron chi connectivity index (χ3n) is 2.70. The molecule has 8 heteroatoms. The highest BCUT2D eigenvalue weighted by molar-refractivity contribution is 7.90. The Bertz CT molecular complexity index is 556. The Labute approximate surface area is 117 Å². The van der Waals surface area contributed by atoms with E-state index in [4.69, 9.17) is 10.8 Å². The van der Waals surface area contributed by atoms with Crippen molar-refractivity contribution in [3.05, 3.63) is 29.8 Å². The van der Waals surface area contributed by atoms with E-state index in [9.17, 15) is 18.3 Å². The van der Waals surface area contributed by atoms with Gasteiger partial charge in [-0.15, -0.1) is 0 Å². The van der Waals surface area contributed by atoms with Crippen LogP contribution < -0.4 is 11.1 Å². The van der Waals surface area contributed by atoms with Crippen LogP contribution in [0.2, 0.25) is 0 Å². The number of primary amides is 1.